The predicted octanol–water partition coefficient (Wildman–Crippen LogP) is 2.32. The summed E-state index contributed by atoms with van der Waals surface area (Å²) in [6, 6.07) is 0. The highest BCUT2D eigenvalue weighted by Crippen LogP contribution is 2.19. The van der Waals surface area contributed by atoms with E-state index in [2.05, 4.69) is 51.4 Å². The first-order valence-electron chi connectivity index (χ1n) is 8.57. The van der Waals surface area contributed by atoms with Gasteiger partial charge >= 0.3 is 0 Å². The summed E-state index contributed by atoms with van der Waals surface area (Å²) >= 11 is 0. The molecule has 2 rings (SSSR count). The van der Waals surface area contributed by atoms with Gasteiger partial charge in [-0.25, -0.2) is 4.99 Å². The highest BCUT2D eigenvalue weighted by atomic mass is 127. The van der Waals surface area contributed by atoms with Crippen LogP contribution in [0, 0.1) is 6.92 Å². The van der Waals surface area contributed by atoms with Gasteiger partial charge in [-0.3, -0.25) is 4.90 Å². The van der Waals surface area contributed by atoms with Crippen LogP contribution in [0.2, 0.25) is 0 Å². The van der Waals surface area contributed by atoms with E-state index >= 15 is 0 Å². The number of guanidine groups is 1. The second-order valence-corrected chi connectivity index (χ2v) is 6.64. The molecule has 1 aromatic heterocycles. The molecule has 0 atom stereocenters. The molecule has 8 heteroatoms. The predicted molar refractivity (Wildman–Crippen MR) is 107 cm³/mol. The Hall–Kier alpha value is -0.900. The lowest BCUT2D eigenvalue weighted by Gasteiger charge is -2.41. The van der Waals surface area contributed by atoms with Crippen LogP contribution in [-0.4, -0.2) is 52.7 Å². The summed E-state index contributed by atoms with van der Waals surface area (Å²) in [7, 11) is 0. The van der Waals surface area contributed by atoms with Gasteiger partial charge < -0.3 is 15.2 Å². The summed E-state index contributed by atoms with van der Waals surface area (Å²) in [4.78, 5) is 11.3. The monoisotopic (exact) mass is 450 g/mol. The Labute approximate surface area is 162 Å². The molecule has 1 saturated heterocycles. The second kappa shape index (κ2) is 10.2. The number of aromatic nitrogens is 2. The van der Waals surface area contributed by atoms with Gasteiger partial charge in [-0.2, -0.15) is 4.98 Å². The Morgan fingerprint density at radius 3 is 2.54 bits per heavy atom. The zero-order valence-corrected chi connectivity index (χ0v) is 17.6. The zero-order valence-electron chi connectivity index (χ0n) is 15.3. The topological polar surface area (TPSA) is 78.6 Å². The van der Waals surface area contributed by atoms with Crippen LogP contribution in [0.5, 0.6) is 0 Å². The van der Waals surface area contributed by atoms with Crippen LogP contribution in [0.3, 0.4) is 0 Å². The Morgan fingerprint density at radius 2 is 1.96 bits per heavy atom. The molecule has 7 nitrogen and oxygen atoms in total. The SMILES string of the molecule is CCNC(=NCc1nc(C)no1)NCC(C)(C)N1CCCCC1.I. The molecule has 0 saturated carbocycles. The lowest BCUT2D eigenvalue weighted by molar-refractivity contribution is 0.0982. The van der Waals surface area contributed by atoms with Gasteiger partial charge in [0.15, 0.2) is 11.8 Å². The van der Waals surface area contributed by atoms with Crippen LogP contribution in [0.4, 0.5) is 0 Å². The molecular formula is C16H31IN6O. The van der Waals surface area contributed by atoms with Crippen molar-refractivity contribution in [2.75, 3.05) is 26.2 Å². The van der Waals surface area contributed by atoms with Crippen molar-refractivity contribution in [3.05, 3.63) is 11.7 Å². The molecule has 0 aliphatic carbocycles. The average molecular weight is 450 g/mol. The van der Waals surface area contributed by atoms with Gasteiger partial charge in [0.2, 0.25) is 5.89 Å². The number of hydrogen-bond acceptors (Lipinski definition) is 5. The average Bonchev–Trinajstić information content (AvgIpc) is 2.96. The van der Waals surface area contributed by atoms with E-state index in [1.54, 1.807) is 6.92 Å². The maximum atomic E-state index is 5.10. The molecule has 2 heterocycles. The summed E-state index contributed by atoms with van der Waals surface area (Å²) in [6.45, 7) is 12.9. The Morgan fingerprint density at radius 1 is 1.25 bits per heavy atom. The molecule has 0 unspecified atom stereocenters. The van der Waals surface area contributed by atoms with E-state index in [0.717, 1.165) is 19.0 Å². The van der Waals surface area contributed by atoms with Gasteiger partial charge in [0, 0.05) is 18.6 Å². The molecule has 138 valence electrons. The molecule has 2 N–H and O–H groups in total. The summed E-state index contributed by atoms with van der Waals surface area (Å²) < 4.78 is 5.10. The number of aliphatic imine (C=N–C) groups is 1. The number of likely N-dealkylation sites (tertiary alicyclic amines) is 1. The van der Waals surface area contributed by atoms with Crippen molar-refractivity contribution in [2.24, 2.45) is 4.99 Å². The quantitative estimate of drug-likeness (QED) is 0.394. The smallest absolute Gasteiger partial charge is 0.248 e. The molecule has 0 radical (unpaired) electrons. The van der Waals surface area contributed by atoms with E-state index in [4.69, 9.17) is 4.52 Å². The maximum Gasteiger partial charge on any atom is 0.248 e. The first kappa shape index (κ1) is 21.1. The van der Waals surface area contributed by atoms with Gasteiger partial charge in [0.1, 0.15) is 6.54 Å². The highest BCUT2D eigenvalue weighted by molar-refractivity contribution is 14.0. The number of nitrogens with zero attached hydrogens (tertiary/aromatic N) is 4. The third kappa shape index (κ3) is 6.54. The molecular weight excluding hydrogens is 419 g/mol. The molecule has 0 bridgehead atoms. The first-order chi connectivity index (χ1) is 11.0. The van der Waals surface area contributed by atoms with Crippen molar-refractivity contribution in [3.8, 4) is 0 Å². The van der Waals surface area contributed by atoms with Crippen LogP contribution in [0.25, 0.3) is 0 Å². The molecule has 24 heavy (non-hydrogen) atoms. The van der Waals surface area contributed by atoms with E-state index in [9.17, 15) is 0 Å². The number of halogens is 1. The Kier molecular flexibility index (Phi) is 8.96. The molecule has 0 spiro atoms. The molecule has 1 aromatic rings. The van der Waals surface area contributed by atoms with Crippen LogP contribution in [0.15, 0.2) is 9.52 Å². The van der Waals surface area contributed by atoms with Crippen molar-refractivity contribution in [1.82, 2.24) is 25.7 Å². The molecule has 0 amide bonds. The Bertz CT molecular complexity index is 510. The largest absolute Gasteiger partial charge is 0.357 e. The highest BCUT2D eigenvalue weighted by Gasteiger charge is 2.27. The fourth-order valence-electron chi connectivity index (χ4n) is 2.80. The van der Waals surface area contributed by atoms with Crippen LogP contribution < -0.4 is 10.6 Å². The third-order valence-corrected chi connectivity index (χ3v) is 4.19. The van der Waals surface area contributed by atoms with Gasteiger partial charge in [-0.05, 0) is 53.6 Å². The number of piperidine rings is 1. The molecule has 1 aliphatic heterocycles. The second-order valence-electron chi connectivity index (χ2n) is 6.64. The van der Waals surface area contributed by atoms with Gasteiger partial charge in [-0.1, -0.05) is 11.6 Å². The lowest BCUT2D eigenvalue weighted by atomic mass is 9.98. The fraction of sp³-hybridized carbons (Fsp3) is 0.812. The van der Waals surface area contributed by atoms with E-state index < -0.39 is 0 Å². The van der Waals surface area contributed by atoms with E-state index in [1.807, 2.05) is 0 Å². The molecule has 1 fully saturated rings. The Balaban J connectivity index is 0.00000288. The van der Waals surface area contributed by atoms with Crippen molar-refractivity contribution in [3.63, 3.8) is 0 Å². The summed E-state index contributed by atoms with van der Waals surface area (Å²) in [5, 5.41) is 10.5. The number of hydrogen-bond donors (Lipinski definition) is 2. The van der Waals surface area contributed by atoms with Crippen molar-refractivity contribution < 1.29 is 4.52 Å². The maximum absolute atomic E-state index is 5.10. The number of aryl methyl sites for hydroxylation is 1. The van der Waals surface area contributed by atoms with E-state index in [-0.39, 0.29) is 29.5 Å². The van der Waals surface area contributed by atoms with Crippen molar-refractivity contribution in [1.29, 1.82) is 0 Å². The number of nitrogens with one attached hydrogen (secondary N) is 2. The summed E-state index contributed by atoms with van der Waals surface area (Å²) in [5.74, 6) is 1.96. The van der Waals surface area contributed by atoms with E-state index in [1.165, 1.54) is 32.4 Å². The molecule has 0 aromatic carbocycles. The minimum absolute atomic E-state index is 0. The van der Waals surface area contributed by atoms with Crippen molar-refractivity contribution >= 4 is 29.9 Å². The number of rotatable bonds is 6. The zero-order chi connectivity index (χ0) is 16.7. The van der Waals surface area contributed by atoms with Crippen LogP contribution in [0.1, 0.15) is 51.7 Å². The fourth-order valence-corrected chi connectivity index (χ4v) is 2.80. The summed E-state index contributed by atoms with van der Waals surface area (Å²) in [6.07, 6.45) is 3.95. The van der Waals surface area contributed by atoms with Gasteiger partial charge in [0.05, 0.1) is 0 Å². The minimum Gasteiger partial charge on any atom is -0.357 e. The lowest BCUT2D eigenvalue weighted by Crippen LogP contribution is -2.54. The van der Waals surface area contributed by atoms with Gasteiger partial charge in [-0.15, -0.1) is 24.0 Å². The summed E-state index contributed by atoms with van der Waals surface area (Å²) in [5.41, 5.74) is 0.109. The standard InChI is InChI=1S/C16H30N6O.HI/c1-5-17-15(18-11-14-20-13(2)21-23-14)19-12-16(3,4)22-9-7-6-8-10-22;/h5-12H2,1-4H3,(H2,17,18,19);1H. The normalized spacial score (nSPS) is 16.6. The minimum atomic E-state index is 0. The van der Waals surface area contributed by atoms with Crippen LogP contribution in [-0.2, 0) is 6.54 Å². The van der Waals surface area contributed by atoms with Crippen molar-refractivity contribution in [2.45, 2.75) is 59.0 Å². The third-order valence-electron chi connectivity index (χ3n) is 4.19. The van der Waals surface area contributed by atoms with E-state index in [0.29, 0.717) is 18.3 Å². The molecule has 1 aliphatic rings. The van der Waals surface area contributed by atoms with Gasteiger partial charge in [0.25, 0.3) is 0 Å². The first-order valence-corrected chi connectivity index (χ1v) is 8.57. The van der Waals surface area contributed by atoms with Crippen LogP contribution >= 0.6 is 24.0 Å².